The molecule has 28 heavy (non-hydrogen) atoms. The number of nitrogens with one attached hydrogen (secondary N) is 1. The Morgan fingerprint density at radius 1 is 1.11 bits per heavy atom. The number of morpholine rings is 1. The molecule has 1 amide bonds. The molecule has 0 radical (unpaired) electrons. The normalized spacial score (nSPS) is 14.6. The lowest BCUT2D eigenvalue weighted by Crippen LogP contribution is -2.36. The molecule has 1 aliphatic heterocycles. The van der Waals surface area contributed by atoms with Gasteiger partial charge in [-0.2, -0.15) is 0 Å². The standard InChI is InChI=1S/C21H25N3O4/c1-21(2,3)18-9-4-15(14-19(18)24(26)27)20(25)22-16-5-7-17(8-6-16)23-10-12-28-13-11-23/h4-9,14H,10-13H2,1-3H3,(H,22,25). The molecule has 1 fully saturated rings. The van der Waals surface area contributed by atoms with E-state index in [0.717, 1.165) is 18.8 Å². The molecule has 7 heteroatoms. The van der Waals surface area contributed by atoms with E-state index in [2.05, 4.69) is 10.2 Å². The van der Waals surface area contributed by atoms with Crippen molar-refractivity contribution in [1.29, 1.82) is 0 Å². The van der Waals surface area contributed by atoms with Crippen molar-refractivity contribution in [3.63, 3.8) is 0 Å². The summed E-state index contributed by atoms with van der Waals surface area (Å²) in [6.45, 7) is 8.83. The smallest absolute Gasteiger partial charge is 0.273 e. The third kappa shape index (κ3) is 4.48. The predicted octanol–water partition coefficient (Wildman–Crippen LogP) is 3.98. The van der Waals surface area contributed by atoms with Crippen LogP contribution in [0.25, 0.3) is 0 Å². The number of hydrogen-bond acceptors (Lipinski definition) is 5. The van der Waals surface area contributed by atoms with Gasteiger partial charge in [0.25, 0.3) is 11.6 Å². The molecule has 1 N–H and O–H groups in total. The zero-order valence-electron chi connectivity index (χ0n) is 16.4. The van der Waals surface area contributed by atoms with Crippen molar-refractivity contribution < 1.29 is 14.5 Å². The van der Waals surface area contributed by atoms with E-state index < -0.39 is 4.92 Å². The lowest BCUT2D eigenvalue weighted by molar-refractivity contribution is -0.386. The van der Waals surface area contributed by atoms with Crippen LogP contribution in [0.15, 0.2) is 42.5 Å². The zero-order chi connectivity index (χ0) is 20.3. The third-order valence-electron chi connectivity index (χ3n) is 4.77. The van der Waals surface area contributed by atoms with Gasteiger partial charge in [-0.1, -0.05) is 26.8 Å². The van der Waals surface area contributed by atoms with Gasteiger partial charge in [-0.05, 0) is 35.7 Å². The van der Waals surface area contributed by atoms with Crippen LogP contribution in [0.3, 0.4) is 0 Å². The van der Waals surface area contributed by atoms with E-state index in [1.165, 1.54) is 6.07 Å². The molecular formula is C21H25N3O4. The quantitative estimate of drug-likeness (QED) is 0.638. The van der Waals surface area contributed by atoms with Crippen LogP contribution in [0.5, 0.6) is 0 Å². The number of anilines is 2. The maximum Gasteiger partial charge on any atom is 0.273 e. The lowest BCUT2D eigenvalue weighted by Gasteiger charge is -2.28. The second-order valence-corrected chi connectivity index (χ2v) is 7.84. The predicted molar refractivity (Wildman–Crippen MR) is 109 cm³/mol. The van der Waals surface area contributed by atoms with Gasteiger partial charge in [-0.25, -0.2) is 0 Å². The van der Waals surface area contributed by atoms with Crippen LogP contribution >= 0.6 is 0 Å². The van der Waals surface area contributed by atoms with Crippen molar-refractivity contribution in [2.24, 2.45) is 0 Å². The second-order valence-electron chi connectivity index (χ2n) is 7.84. The lowest BCUT2D eigenvalue weighted by atomic mass is 9.85. The molecule has 0 atom stereocenters. The van der Waals surface area contributed by atoms with Crippen molar-refractivity contribution in [3.05, 3.63) is 63.7 Å². The van der Waals surface area contributed by atoms with Crippen LogP contribution in [-0.2, 0) is 10.2 Å². The number of nitrogens with zero attached hydrogens (tertiary/aromatic N) is 2. The van der Waals surface area contributed by atoms with E-state index in [-0.39, 0.29) is 22.6 Å². The molecule has 0 spiro atoms. The molecule has 0 aliphatic carbocycles. The number of benzene rings is 2. The number of nitro benzene ring substituents is 1. The number of ether oxygens (including phenoxy) is 1. The molecule has 0 unspecified atom stereocenters. The fourth-order valence-corrected chi connectivity index (χ4v) is 3.24. The SMILES string of the molecule is CC(C)(C)c1ccc(C(=O)Nc2ccc(N3CCOCC3)cc2)cc1[N+](=O)[O-]. The largest absolute Gasteiger partial charge is 0.378 e. The number of carbonyl (C=O) groups excluding carboxylic acids is 1. The van der Waals surface area contributed by atoms with Gasteiger partial charge >= 0.3 is 0 Å². The first-order valence-electron chi connectivity index (χ1n) is 9.29. The van der Waals surface area contributed by atoms with E-state index in [9.17, 15) is 14.9 Å². The summed E-state index contributed by atoms with van der Waals surface area (Å²) in [7, 11) is 0. The van der Waals surface area contributed by atoms with Crippen LogP contribution in [0, 0.1) is 10.1 Å². The highest BCUT2D eigenvalue weighted by atomic mass is 16.6. The van der Waals surface area contributed by atoms with E-state index >= 15 is 0 Å². The van der Waals surface area contributed by atoms with E-state index in [1.54, 1.807) is 12.1 Å². The Morgan fingerprint density at radius 2 is 1.75 bits per heavy atom. The van der Waals surface area contributed by atoms with Crippen molar-refractivity contribution in [2.45, 2.75) is 26.2 Å². The minimum atomic E-state index is -0.436. The molecule has 7 nitrogen and oxygen atoms in total. The average Bonchev–Trinajstić information content (AvgIpc) is 2.68. The number of hydrogen-bond donors (Lipinski definition) is 1. The van der Waals surface area contributed by atoms with Gasteiger partial charge in [0.2, 0.25) is 0 Å². The van der Waals surface area contributed by atoms with Crippen LogP contribution in [0.4, 0.5) is 17.1 Å². The molecule has 1 saturated heterocycles. The average molecular weight is 383 g/mol. The fourth-order valence-electron chi connectivity index (χ4n) is 3.24. The number of amides is 1. The summed E-state index contributed by atoms with van der Waals surface area (Å²) in [5, 5.41) is 14.3. The Hall–Kier alpha value is -2.93. The molecule has 3 rings (SSSR count). The summed E-state index contributed by atoms with van der Waals surface area (Å²) < 4.78 is 5.36. The molecule has 2 aromatic rings. The van der Waals surface area contributed by atoms with Crippen LogP contribution < -0.4 is 10.2 Å². The Bertz CT molecular complexity index is 866. The Balaban J connectivity index is 1.75. The van der Waals surface area contributed by atoms with E-state index in [0.29, 0.717) is 24.5 Å². The zero-order valence-corrected chi connectivity index (χ0v) is 16.4. The van der Waals surface area contributed by atoms with Gasteiger partial charge in [0.1, 0.15) is 0 Å². The molecule has 0 bridgehead atoms. The van der Waals surface area contributed by atoms with Crippen molar-refractivity contribution in [3.8, 4) is 0 Å². The Labute approximate surface area is 164 Å². The number of nitro groups is 1. The Kier molecular flexibility index (Phi) is 5.65. The summed E-state index contributed by atoms with van der Waals surface area (Å²) in [6.07, 6.45) is 0. The van der Waals surface area contributed by atoms with Crippen molar-refractivity contribution >= 4 is 23.0 Å². The highest BCUT2D eigenvalue weighted by Gasteiger charge is 2.26. The molecule has 1 aliphatic rings. The highest BCUT2D eigenvalue weighted by molar-refractivity contribution is 6.04. The molecule has 0 aromatic heterocycles. The first-order valence-corrected chi connectivity index (χ1v) is 9.29. The molecule has 0 saturated carbocycles. The topological polar surface area (TPSA) is 84.7 Å². The van der Waals surface area contributed by atoms with Gasteiger partial charge in [-0.3, -0.25) is 14.9 Å². The minimum absolute atomic E-state index is 0.0391. The maximum atomic E-state index is 12.6. The van der Waals surface area contributed by atoms with E-state index in [1.807, 2.05) is 45.0 Å². The van der Waals surface area contributed by atoms with Crippen LogP contribution in [-0.4, -0.2) is 37.1 Å². The summed E-state index contributed by atoms with van der Waals surface area (Å²) in [6, 6.07) is 12.2. The maximum absolute atomic E-state index is 12.6. The fraction of sp³-hybridized carbons (Fsp3) is 0.381. The summed E-state index contributed by atoms with van der Waals surface area (Å²) in [5.74, 6) is -0.373. The summed E-state index contributed by atoms with van der Waals surface area (Å²) >= 11 is 0. The molecule has 1 heterocycles. The van der Waals surface area contributed by atoms with Gasteiger partial charge in [0.15, 0.2) is 0 Å². The van der Waals surface area contributed by atoms with Gasteiger partial charge in [0.05, 0.1) is 18.1 Å². The summed E-state index contributed by atoms with van der Waals surface area (Å²) in [4.78, 5) is 25.8. The monoisotopic (exact) mass is 383 g/mol. The first-order chi connectivity index (χ1) is 13.3. The van der Waals surface area contributed by atoms with E-state index in [4.69, 9.17) is 4.74 Å². The molecular weight excluding hydrogens is 358 g/mol. The first kappa shape index (κ1) is 19.8. The van der Waals surface area contributed by atoms with Crippen LogP contribution in [0.1, 0.15) is 36.7 Å². The minimum Gasteiger partial charge on any atom is -0.378 e. The number of carbonyl (C=O) groups is 1. The number of rotatable bonds is 4. The Morgan fingerprint density at radius 3 is 2.32 bits per heavy atom. The second kappa shape index (κ2) is 7.98. The van der Waals surface area contributed by atoms with Crippen molar-refractivity contribution in [2.75, 3.05) is 36.5 Å². The third-order valence-corrected chi connectivity index (χ3v) is 4.77. The van der Waals surface area contributed by atoms with Crippen LogP contribution in [0.2, 0.25) is 0 Å². The molecule has 148 valence electrons. The van der Waals surface area contributed by atoms with Gasteiger partial charge in [-0.15, -0.1) is 0 Å². The van der Waals surface area contributed by atoms with Crippen molar-refractivity contribution in [1.82, 2.24) is 0 Å². The van der Waals surface area contributed by atoms with Gasteiger partial charge < -0.3 is 15.0 Å². The summed E-state index contributed by atoms with van der Waals surface area (Å²) in [5.41, 5.74) is 2.16. The van der Waals surface area contributed by atoms with Gasteiger partial charge in [0, 0.05) is 41.7 Å². The highest BCUT2D eigenvalue weighted by Crippen LogP contribution is 2.32. The molecule has 2 aromatic carbocycles.